The summed E-state index contributed by atoms with van der Waals surface area (Å²) in [5.74, 6) is 1.12. The zero-order chi connectivity index (χ0) is 22.5. The van der Waals surface area contributed by atoms with Crippen molar-refractivity contribution in [2.75, 3.05) is 50.6 Å². The van der Waals surface area contributed by atoms with E-state index >= 15 is 0 Å². The highest BCUT2D eigenvalue weighted by atomic mass is 16.5. The molecule has 8 heteroatoms. The first-order valence-electron chi connectivity index (χ1n) is 10.3. The van der Waals surface area contributed by atoms with Gasteiger partial charge in [-0.3, -0.25) is 9.59 Å². The van der Waals surface area contributed by atoms with Crippen molar-refractivity contribution in [3.63, 3.8) is 0 Å². The molecule has 0 radical (unpaired) electrons. The van der Waals surface area contributed by atoms with Crippen LogP contribution in [0.1, 0.15) is 20.9 Å². The van der Waals surface area contributed by atoms with E-state index in [1.165, 1.54) is 13.4 Å². The number of hydrogen-bond acceptors (Lipinski definition) is 6. The number of nitrogens with zero attached hydrogens (tertiary/aromatic N) is 2. The number of piperazine rings is 1. The highest BCUT2D eigenvalue weighted by Gasteiger charge is 2.23. The third-order valence-electron chi connectivity index (χ3n) is 5.43. The molecule has 0 atom stereocenters. The molecular formula is C24H25N3O5. The number of benzene rings is 2. The summed E-state index contributed by atoms with van der Waals surface area (Å²) in [7, 11) is 3.08. The van der Waals surface area contributed by atoms with Crippen LogP contribution in [0.2, 0.25) is 0 Å². The molecule has 0 saturated carbocycles. The van der Waals surface area contributed by atoms with Gasteiger partial charge in [0, 0.05) is 43.1 Å². The van der Waals surface area contributed by atoms with Gasteiger partial charge in [0.15, 0.2) is 17.3 Å². The van der Waals surface area contributed by atoms with Crippen molar-refractivity contribution in [2.24, 2.45) is 0 Å². The zero-order valence-corrected chi connectivity index (χ0v) is 18.0. The van der Waals surface area contributed by atoms with Crippen molar-refractivity contribution < 1.29 is 23.5 Å². The molecule has 1 aliphatic heterocycles. The van der Waals surface area contributed by atoms with Gasteiger partial charge in [0.1, 0.15) is 0 Å². The predicted molar refractivity (Wildman–Crippen MR) is 121 cm³/mol. The van der Waals surface area contributed by atoms with Gasteiger partial charge >= 0.3 is 0 Å². The Morgan fingerprint density at radius 2 is 1.62 bits per heavy atom. The fourth-order valence-corrected chi connectivity index (χ4v) is 3.66. The molecule has 1 fully saturated rings. The van der Waals surface area contributed by atoms with Gasteiger partial charge in [-0.2, -0.15) is 0 Å². The van der Waals surface area contributed by atoms with Crippen LogP contribution in [0.5, 0.6) is 11.5 Å². The summed E-state index contributed by atoms with van der Waals surface area (Å²) in [4.78, 5) is 29.0. The summed E-state index contributed by atoms with van der Waals surface area (Å²) in [5, 5.41) is 2.90. The van der Waals surface area contributed by atoms with Gasteiger partial charge in [0.2, 0.25) is 0 Å². The maximum atomic E-state index is 12.6. The van der Waals surface area contributed by atoms with Crippen molar-refractivity contribution in [1.82, 2.24) is 4.90 Å². The first-order chi connectivity index (χ1) is 15.6. The Hall–Kier alpha value is -3.94. The molecule has 3 aromatic rings. The second-order valence-corrected chi connectivity index (χ2v) is 7.33. The van der Waals surface area contributed by atoms with Crippen LogP contribution >= 0.6 is 0 Å². The molecule has 166 valence electrons. The first-order valence-corrected chi connectivity index (χ1v) is 10.3. The lowest BCUT2D eigenvalue weighted by Gasteiger charge is -2.35. The highest BCUT2D eigenvalue weighted by molar-refractivity contribution is 6.04. The Bertz CT molecular complexity index is 1070. The molecule has 0 bridgehead atoms. The van der Waals surface area contributed by atoms with Crippen molar-refractivity contribution in [1.29, 1.82) is 0 Å². The number of carbonyl (C=O) groups is 2. The van der Waals surface area contributed by atoms with Crippen molar-refractivity contribution >= 4 is 23.2 Å². The van der Waals surface area contributed by atoms with Crippen LogP contribution in [0, 0.1) is 0 Å². The van der Waals surface area contributed by atoms with E-state index in [9.17, 15) is 9.59 Å². The quantitative estimate of drug-likeness (QED) is 0.638. The third kappa shape index (κ3) is 4.54. The van der Waals surface area contributed by atoms with Crippen molar-refractivity contribution in [3.05, 3.63) is 72.2 Å². The number of hydrogen-bond donors (Lipinski definition) is 1. The van der Waals surface area contributed by atoms with Gasteiger partial charge in [-0.25, -0.2) is 0 Å². The Kier molecular flexibility index (Phi) is 6.30. The monoisotopic (exact) mass is 435 g/mol. The number of amides is 2. The van der Waals surface area contributed by atoms with Crippen LogP contribution in [0.4, 0.5) is 11.4 Å². The normalized spacial score (nSPS) is 13.6. The molecule has 4 rings (SSSR count). The number of ether oxygens (including phenoxy) is 2. The molecule has 1 aliphatic rings. The topological polar surface area (TPSA) is 84.3 Å². The van der Waals surface area contributed by atoms with E-state index in [0.29, 0.717) is 41.6 Å². The maximum Gasteiger partial charge on any atom is 0.289 e. The molecule has 1 aromatic heterocycles. The van der Waals surface area contributed by atoms with Gasteiger partial charge in [-0.1, -0.05) is 0 Å². The Labute approximate surface area is 186 Å². The van der Waals surface area contributed by atoms with E-state index in [2.05, 4.69) is 10.2 Å². The zero-order valence-electron chi connectivity index (χ0n) is 18.0. The summed E-state index contributed by atoms with van der Waals surface area (Å²) >= 11 is 0. The summed E-state index contributed by atoms with van der Waals surface area (Å²) in [6.45, 7) is 2.70. The molecule has 2 aromatic carbocycles. The Morgan fingerprint density at radius 1 is 0.906 bits per heavy atom. The largest absolute Gasteiger partial charge is 0.493 e. The summed E-state index contributed by atoms with van der Waals surface area (Å²) in [5.41, 5.74) is 2.21. The van der Waals surface area contributed by atoms with Crippen LogP contribution in [0.3, 0.4) is 0 Å². The summed E-state index contributed by atoms with van der Waals surface area (Å²) in [6, 6.07) is 16.1. The lowest BCUT2D eigenvalue weighted by molar-refractivity contribution is 0.0714. The van der Waals surface area contributed by atoms with Crippen LogP contribution in [0.25, 0.3) is 0 Å². The van der Waals surface area contributed by atoms with Gasteiger partial charge in [-0.15, -0.1) is 0 Å². The highest BCUT2D eigenvalue weighted by Crippen LogP contribution is 2.28. The molecule has 2 heterocycles. The number of anilines is 2. The lowest BCUT2D eigenvalue weighted by atomic mass is 10.1. The first kappa shape index (κ1) is 21.3. The maximum absolute atomic E-state index is 12.6. The molecule has 1 saturated heterocycles. The molecule has 32 heavy (non-hydrogen) atoms. The fourth-order valence-electron chi connectivity index (χ4n) is 3.66. The van der Waals surface area contributed by atoms with Crippen molar-refractivity contribution in [3.8, 4) is 11.5 Å². The van der Waals surface area contributed by atoms with E-state index in [-0.39, 0.29) is 11.8 Å². The minimum absolute atomic E-state index is 0.0807. The number of furan rings is 1. The Morgan fingerprint density at radius 3 is 2.25 bits per heavy atom. The second kappa shape index (κ2) is 9.47. The van der Waals surface area contributed by atoms with Crippen LogP contribution in [-0.2, 0) is 0 Å². The van der Waals surface area contributed by atoms with E-state index < -0.39 is 0 Å². The number of methoxy groups -OCH3 is 2. The summed E-state index contributed by atoms with van der Waals surface area (Å²) in [6.07, 6.45) is 1.51. The van der Waals surface area contributed by atoms with Crippen LogP contribution < -0.4 is 19.7 Å². The smallest absolute Gasteiger partial charge is 0.289 e. The molecule has 0 aliphatic carbocycles. The standard InChI is InChI=1S/C24H25N3O5/c1-30-20-10-5-17(16-22(20)31-2)23(28)25-18-6-8-19(9-7-18)26-11-13-27(14-12-26)24(29)21-4-3-15-32-21/h3-10,15-16H,11-14H2,1-2H3,(H,25,28). The van der Waals surface area contributed by atoms with Crippen molar-refractivity contribution in [2.45, 2.75) is 0 Å². The summed E-state index contributed by atoms with van der Waals surface area (Å²) < 4.78 is 15.7. The second-order valence-electron chi connectivity index (χ2n) is 7.33. The van der Waals surface area contributed by atoms with Gasteiger partial charge < -0.3 is 29.0 Å². The average Bonchev–Trinajstić information content (AvgIpc) is 3.39. The van der Waals surface area contributed by atoms with E-state index in [4.69, 9.17) is 13.9 Å². The predicted octanol–water partition coefficient (Wildman–Crippen LogP) is 3.51. The molecule has 8 nitrogen and oxygen atoms in total. The number of nitrogens with one attached hydrogen (secondary N) is 1. The van der Waals surface area contributed by atoms with Gasteiger partial charge in [0.05, 0.1) is 20.5 Å². The van der Waals surface area contributed by atoms with Crippen LogP contribution in [0.15, 0.2) is 65.3 Å². The Balaban J connectivity index is 1.34. The molecule has 2 amide bonds. The molecule has 0 unspecified atom stereocenters. The van der Waals surface area contributed by atoms with E-state index in [1.807, 2.05) is 24.3 Å². The van der Waals surface area contributed by atoms with Gasteiger partial charge in [-0.05, 0) is 54.6 Å². The molecule has 1 N–H and O–H groups in total. The van der Waals surface area contributed by atoms with E-state index in [0.717, 1.165) is 18.8 Å². The number of rotatable bonds is 6. The van der Waals surface area contributed by atoms with Gasteiger partial charge in [0.25, 0.3) is 11.8 Å². The average molecular weight is 435 g/mol. The SMILES string of the molecule is COc1ccc(C(=O)Nc2ccc(N3CCN(C(=O)c4ccco4)CC3)cc2)cc1OC. The molecular weight excluding hydrogens is 410 g/mol. The van der Waals surface area contributed by atoms with E-state index in [1.54, 1.807) is 42.3 Å². The van der Waals surface area contributed by atoms with Crippen LogP contribution in [-0.4, -0.2) is 57.1 Å². The minimum Gasteiger partial charge on any atom is -0.493 e. The number of carbonyl (C=O) groups excluding carboxylic acids is 2. The fraction of sp³-hybridized carbons (Fsp3) is 0.250. The minimum atomic E-state index is -0.233. The third-order valence-corrected chi connectivity index (χ3v) is 5.43. The lowest BCUT2D eigenvalue weighted by Crippen LogP contribution is -2.48. The molecule has 0 spiro atoms.